The Bertz CT molecular complexity index is 571. The van der Waals surface area contributed by atoms with E-state index in [1.165, 1.54) is 12.8 Å². The van der Waals surface area contributed by atoms with Crippen molar-refractivity contribution in [3.05, 3.63) is 28.5 Å². The fourth-order valence-corrected chi connectivity index (χ4v) is 2.07. The Morgan fingerprint density at radius 3 is 2.90 bits per heavy atom. The highest BCUT2D eigenvalue weighted by Crippen LogP contribution is 2.27. The summed E-state index contributed by atoms with van der Waals surface area (Å²) in [7, 11) is 0. The van der Waals surface area contributed by atoms with Gasteiger partial charge in [0.15, 0.2) is 0 Å². The number of aromatic nitrogens is 1. The zero-order valence-corrected chi connectivity index (χ0v) is 13.8. The van der Waals surface area contributed by atoms with Crippen molar-refractivity contribution in [1.82, 2.24) is 4.98 Å². The number of rotatable bonds is 4. The Labute approximate surface area is 132 Å². The van der Waals surface area contributed by atoms with Gasteiger partial charge in [-0.2, -0.15) is 0 Å². The second-order valence-corrected chi connectivity index (χ2v) is 5.89. The minimum Gasteiger partial charge on any atom is -0.393 e. The maximum Gasteiger partial charge on any atom is 0.122 e. The lowest BCUT2D eigenvalue weighted by atomic mass is 10.2. The number of alkyl halides is 1. The Kier molecular flexibility index (Phi) is 5.45. The molecule has 0 unspecified atom stereocenters. The largest absolute Gasteiger partial charge is 0.393 e. The van der Waals surface area contributed by atoms with Gasteiger partial charge in [0, 0.05) is 17.7 Å². The van der Waals surface area contributed by atoms with Crippen molar-refractivity contribution in [2.24, 2.45) is 11.1 Å². The van der Waals surface area contributed by atoms with Gasteiger partial charge in [0.25, 0.3) is 0 Å². The van der Waals surface area contributed by atoms with Gasteiger partial charge in [-0.25, -0.2) is 0 Å². The van der Waals surface area contributed by atoms with Crippen molar-refractivity contribution in [3.63, 3.8) is 0 Å². The van der Waals surface area contributed by atoms with Crippen LogP contribution in [0.3, 0.4) is 0 Å². The molecule has 20 heavy (non-hydrogen) atoms. The number of hydrogen-bond donors (Lipinski definition) is 0. The van der Waals surface area contributed by atoms with Crippen LogP contribution in [0.4, 0.5) is 0 Å². The molecule has 5 heteroatoms. The number of oxime groups is 1. The molecule has 0 saturated heterocycles. The van der Waals surface area contributed by atoms with Crippen molar-refractivity contribution in [1.29, 1.82) is 0 Å². The molecule has 0 atom stereocenters. The zero-order chi connectivity index (χ0) is 14.5. The first-order valence-electron chi connectivity index (χ1n) is 6.56. The molecule has 1 fully saturated rings. The number of hydrogen-bond acceptors (Lipinski definition) is 3. The smallest absolute Gasteiger partial charge is 0.122 e. The van der Waals surface area contributed by atoms with Crippen LogP contribution >= 0.6 is 27.5 Å². The third-order valence-electron chi connectivity index (χ3n) is 2.61. The minimum atomic E-state index is 0.0199. The monoisotopic (exact) mass is 354 g/mol. The van der Waals surface area contributed by atoms with Gasteiger partial charge in [0.05, 0.1) is 10.4 Å². The highest BCUT2D eigenvalue weighted by atomic mass is 79.9. The summed E-state index contributed by atoms with van der Waals surface area (Å²) in [4.78, 5) is 9.60. The van der Waals surface area contributed by atoms with Crippen LogP contribution in [0.2, 0.25) is 5.02 Å². The first-order chi connectivity index (χ1) is 9.60. The summed E-state index contributed by atoms with van der Waals surface area (Å²) in [5, 5.41) is 5.14. The molecule has 1 aliphatic carbocycles. The van der Waals surface area contributed by atoms with Gasteiger partial charge < -0.3 is 4.84 Å². The van der Waals surface area contributed by atoms with Gasteiger partial charge in [-0.1, -0.05) is 44.5 Å². The fourth-order valence-electron chi connectivity index (χ4n) is 1.43. The summed E-state index contributed by atoms with van der Waals surface area (Å²) in [5.41, 5.74) is 2.14. The van der Waals surface area contributed by atoms with Gasteiger partial charge in [-0.3, -0.25) is 4.98 Å². The van der Waals surface area contributed by atoms with E-state index in [-0.39, 0.29) is 6.10 Å². The minimum absolute atomic E-state index is 0.0199. The van der Waals surface area contributed by atoms with Crippen LogP contribution in [-0.2, 0) is 4.84 Å². The van der Waals surface area contributed by atoms with Crippen LogP contribution in [0.1, 0.15) is 37.9 Å². The zero-order valence-electron chi connectivity index (χ0n) is 11.5. The van der Waals surface area contributed by atoms with Crippen LogP contribution in [0.25, 0.3) is 0 Å². The summed E-state index contributed by atoms with van der Waals surface area (Å²) >= 11 is 9.64. The molecule has 1 aliphatic rings. The van der Waals surface area contributed by atoms with Gasteiger partial charge >= 0.3 is 0 Å². The molecular formula is C15H16BrClN2O. The normalized spacial score (nSPS) is 14.9. The third kappa shape index (κ3) is 4.50. The quantitative estimate of drug-likeness (QED) is 0.354. The summed E-state index contributed by atoms with van der Waals surface area (Å²) in [5.74, 6) is 6.85. The van der Waals surface area contributed by atoms with E-state index < -0.39 is 0 Å². The van der Waals surface area contributed by atoms with E-state index >= 15 is 0 Å². The van der Waals surface area contributed by atoms with Crippen LogP contribution in [0.5, 0.6) is 0 Å². The van der Waals surface area contributed by atoms with E-state index in [4.69, 9.17) is 16.4 Å². The van der Waals surface area contributed by atoms with E-state index in [9.17, 15) is 0 Å². The first-order valence-corrected chi connectivity index (χ1v) is 8.06. The van der Waals surface area contributed by atoms with Crippen molar-refractivity contribution >= 4 is 33.2 Å². The van der Waals surface area contributed by atoms with E-state index in [2.05, 4.69) is 37.9 Å². The van der Waals surface area contributed by atoms with Crippen LogP contribution in [0, 0.1) is 17.8 Å². The molecule has 2 rings (SSSR count). The summed E-state index contributed by atoms with van der Waals surface area (Å²) in [6.07, 6.45) is 4.16. The topological polar surface area (TPSA) is 34.5 Å². The van der Waals surface area contributed by atoms with Crippen LogP contribution in [-0.4, -0.2) is 22.1 Å². The fraction of sp³-hybridized carbons (Fsp3) is 0.467. The summed E-state index contributed by atoms with van der Waals surface area (Å²) in [6.45, 7) is 3.84. The maximum atomic E-state index is 6.26. The molecule has 3 nitrogen and oxygen atoms in total. The average molecular weight is 356 g/mol. The predicted molar refractivity (Wildman–Crippen MR) is 85.4 cm³/mol. The molecule has 0 N–H and O–H groups in total. The highest BCUT2D eigenvalue weighted by Gasteiger charge is 2.18. The first kappa shape index (κ1) is 15.3. The van der Waals surface area contributed by atoms with Crippen molar-refractivity contribution in [2.75, 3.05) is 5.33 Å². The molecule has 1 aromatic rings. The molecule has 106 valence electrons. The number of halogens is 2. The van der Waals surface area contributed by atoms with Crippen LogP contribution in [0.15, 0.2) is 17.4 Å². The number of pyridine rings is 1. The molecule has 0 bridgehead atoms. The van der Waals surface area contributed by atoms with E-state index in [0.717, 1.165) is 5.56 Å². The molecule has 1 saturated carbocycles. The summed E-state index contributed by atoms with van der Waals surface area (Å²) < 4.78 is 0. The summed E-state index contributed by atoms with van der Waals surface area (Å²) in [6, 6.07) is 1.83. The lowest BCUT2D eigenvalue weighted by Crippen LogP contribution is -2.09. The molecule has 1 aromatic heterocycles. The molecule has 0 radical (unpaired) electrons. The molecule has 0 aromatic carbocycles. The average Bonchev–Trinajstić information content (AvgIpc) is 3.22. The van der Waals surface area contributed by atoms with Gasteiger partial charge in [-0.05, 0) is 32.8 Å². The molecule has 0 aliphatic heterocycles. The van der Waals surface area contributed by atoms with Crippen LogP contribution < -0.4 is 0 Å². The Morgan fingerprint density at radius 1 is 1.60 bits per heavy atom. The van der Waals surface area contributed by atoms with Gasteiger partial charge in [0.2, 0.25) is 0 Å². The van der Waals surface area contributed by atoms with Gasteiger partial charge in [0.1, 0.15) is 17.5 Å². The molecular weight excluding hydrogens is 340 g/mol. The maximum absolute atomic E-state index is 6.26. The number of nitrogens with zero attached hydrogens (tertiary/aromatic N) is 2. The SMILES string of the molecule is CC(C)ON=C(CBr)c1ncc(C#CC2CC2)cc1Cl. The second kappa shape index (κ2) is 7.10. The van der Waals surface area contributed by atoms with Gasteiger partial charge in [-0.15, -0.1) is 0 Å². The predicted octanol–water partition coefficient (Wildman–Crippen LogP) is 4.02. The second-order valence-electron chi connectivity index (χ2n) is 4.92. The van der Waals surface area contributed by atoms with Crippen molar-refractivity contribution < 1.29 is 4.84 Å². The van der Waals surface area contributed by atoms with Crippen molar-refractivity contribution in [2.45, 2.75) is 32.8 Å². The Balaban J connectivity index is 2.19. The lowest BCUT2D eigenvalue weighted by molar-refractivity contribution is 0.0860. The highest BCUT2D eigenvalue weighted by molar-refractivity contribution is 9.09. The standard InChI is InChI=1S/C15H16BrClN2O/c1-10(2)20-19-14(8-16)15-13(17)7-12(9-18-15)6-5-11-3-4-11/h7,9-11H,3-4,8H2,1-2H3. The molecule has 0 amide bonds. The third-order valence-corrected chi connectivity index (χ3v) is 3.43. The Hall–Kier alpha value is -1.05. The van der Waals surface area contributed by atoms with E-state index in [1.807, 2.05) is 19.9 Å². The molecule has 0 spiro atoms. The molecule has 1 heterocycles. The Morgan fingerprint density at radius 2 is 2.35 bits per heavy atom. The lowest BCUT2D eigenvalue weighted by Gasteiger charge is -2.07. The van der Waals surface area contributed by atoms with Crippen molar-refractivity contribution in [3.8, 4) is 11.8 Å². The van der Waals surface area contributed by atoms with E-state index in [0.29, 0.717) is 27.7 Å². The van der Waals surface area contributed by atoms with E-state index in [1.54, 1.807) is 6.20 Å².